The smallest absolute Gasteiger partial charge is 0.265 e. The number of hydrogen-bond donors (Lipinski definition) is 2. The van der Waals surface area contributed by atoms with Crippen molar-refractivity contribution in [2.24, 2.45) is 0 Å². The van der Waals surface area contributed by atoms with Crippen molar-refractivity contribution in [3.8, 4) is 0 Å². The Bertz CT molecular complexity index is 614. The molecule has 1 unspecified atom stereocenters. The molecule has 1 aromatic carbocycles. The van der Waals surface area contributed by atoms with Crippen molar-refractivity contribution in [1.29, 1.82) is 0 Å². The number of aromatic nitrogens is 2. The van der Waals surface area contributed by atoms with Gasteiger partial charge >= 0.3 is 0 Å². The van der Waals surface area contributed by atoms with E-state index in [1.165, 1.54) is 0 Å². The third-order valence-corrected chi connectivity index (χ3v) is 4.72. The molecule has 22 heavy (non-hydrogen) atoms. The predicted molar refractivity (Wildman–Crippen MR) is 89.4 cm³/mol. The van der Waals surface area contributed by atoms with Gasteiger partial charge in [-0.25, -0.2) is 0 Å². The molecule has 0 fully saturated rings. The summed E-state index contributed by atoms with van der Waals surface area (Å²) in [6, 6.07) is 7.66. The van der Waals surface area contributed by atoms with Crippen LogP contribution in [0.15, 0.2) is 29.2 Å². The van der Waals surface area contributed by atoms with Gasteiger partial charge in [-0.2, -0.15) is 0 Å². The van der Waals surface area contributed by atoms with Crippen LogP contribution in [0.5, 0.6) is 0 Å². The zero-order valence-corrected chi connectivity index (χ0v) is 14.2. The van der Waals surface area contributed by atoms with Crippen molar-refractivity contribution in [1.82, 2.24) is 14.9 Å². The lowest BCUT2D eigenvalue weighted by molar-refractivity contribution is 0.0919. The molecule has 0 aliphatic rings. The summed E-state index contributed by atoms with van der Waals surface area (Å²) in [6.07, 6.45) is 2.92. The molecule has 5 nitrogen and oxygen atoms in total. The Morgan fingerprint density at radius 1 is 1.41 bits per heavy atom. The lowest BCUT2D eigenvalue weighted by Gasteiger charge is -2.12. The van der Waals surface area contributed by atoms with E-state index in [2.05, 4.69) is 14.9 Å². The Morgan fingerprint density at radius 3 is 2.77 bits per heavy atom. The molecule has 0 aliphatic heterocycles. The van der Waals surface area contributed by atoms with Gasteiger partial charge in [0.05, 0.1) is 11.8 Å². The minimum atomic E-state index is -0.727. The molecule has 2 rings (SSSR count). The van der Waals surface area contributed by atoms with Gasteiger partial charge < -0.3 is 10.4 Å². The number of hydrogen-bond acceptors (Lipinski definition) is 6. The molecule has 0 radical (unpaired) electrons. The molecule has 2 N–H and O–H groups in total. The highest BCUT2D eigenvalue weighted by molar-refractivity contribution is 7.98. The zero-order valence-electron chi connectivity index (χ0n) is 12.6. The molecule has 7 heteroatoms. The Labute approximate surface area is 138 Å². The number of rotatable bonds is 7. The molecule has 1 amide bonds. The van der Waals surface area contributed by atoms with E-state index in [1.807, 2.05) is 37.4 Å². The van der Waals surface area contributed by atoms with Gasteiger partial charge in [0.1, 0.15) is 4.88 Å². The second-order valence-corrected chi connectivity index (χ2v) is 6.43. The van der Waals surface area contributed by atoms with Gasteiger partial charge in [-0.1, -0.05) is 30.0 Å². The van der Waals surface area contributed by atoms with Gasteiger partial charge in [-0.15, -0.1) is 16.9 Å². The molecular formula is C15H19N3O2S2. The highest BCUT2D eigenvalue weighted by Gasteiger charge is 2.17. The SMILES string of the molecule is CCCc1nnsc1C(=O)NCC(O)c1ccc(SC)cc1. The van der Waals surface area contributed by atoms with Crippen LogP contribution in [0.25, 0.3) is 0 Å². The van der Waals surface area contributed by atoms with Crippen molar-refractivity contribution < 1.29 is 9.90 Å². The Morgan fingerprint density at radius 2 is 2.14 bits per heavy atom. The number of nitrogens with zero attached hydrogens (tertiary/aromatic N) is 2. The largest absolute Gasteiger partial charge is 0.387 e. The third-order valence-electron chi connectivity index (χ3n) is 3.21. The average molecular weight is 337 g/mol. The summed E-state index contributed by atoms with van der Waals surface area (Å²) in [5, 5.41) is 16.9. The van der Waals surface area contributed by atoms with E-state index < -0.39 is 6.10 Å². The number of nitrogens with one attached hydrogen (secondary N) is 1. The number of benzene rings is 1. The van der Waals surface area contributed by atoms with E-state index in [1.54, 1.807) is 11.8 Å². The average Bonchev–Trinajstić information content (AvgIpc) is 3.01. The van der Waals surface area contributed by atoms with E-state index in [-0.39, 0.29) is 12.5 Å². The zero-order chi connectivity index (χ0) is 15.9. The highest BCUT2D eigenvalue weighted by atomic mass is 32.2. The first-order valence-corrected chi connectivity index (χ1v) is 9.07. The van der Waals surface area contributed by atoms with Crippen LogP contribution in [0.3, 0.4) is 0 Å². The van der Waals surface area contributed by atoms with Crippen LogP contribution in [-0.2, 0) is 6.42 Å². The minimum Gasteiger partial charge on any atom is -0.387 e. The van der Waals surface area contributed by atoms with Gasteiger partial charge in [0.25, 0.3) is 5.91 Å². The molecule has 0 saturated carbocycles. The summed E-state index contributed by atoms with van der Waals surface area (Å²) in [6.45, 7) is 2.20. The standard InChI is InChI=1S/C15H19N3O2S2/c1-3-4-12-14(22-18-17-12)15(20)16-9-13(19)10-5-7-11(21-2)8-6-10/h5-8,13,19H,3-4,9H2,1-2H3,(H,16,20). The molecule has 0 saturated heterocycles. The van der Waals surface area contributed by atoms with E-state index in [9.17, 15) is 9.90 Å². The van der Waals surface area contributed by atoms with Gasteiger partial charge in [0.15, 0.2) is 0 Å². The summed E-state index contributed by atoms with van der Waals surface area (Å²) < 4.78 is 3.83. The number of aliphatic hydroxyl groups excluding tert-OH is 1. The fourth-order valence-electron chi connectivity index (χ4n) is 2.00. The van der Waals surface area contributed by atoms with Gasteiger partial charge in [-0.05, 0) is 41.9 Å². The van der Waals surface area contributed by atoms with Gasteiger partial charge in [-0.3, -0.25) is 4.79 Å². The maximum absolute atomic E-state index is 12.1. The first-order valence-electron chi connectivity index (χ1n) is 7.07. The Kier molecular flexibility index (Phi) is 6.35. The van der Waals surface area contributed by atoms with Crippen LogP contribution in [0.4, 0.5) is 0 Å². The van der Waals surface area contributed by atoms with E-state index >= 15 is 0 Å². The van der Waals surface area contributed by atoms with Crippen molar-refractivity contribution in [2.45, 2.75) is 30.8 Å². The Hall–Kier alpha value is -1.44. The summed E-state index contributed by atoms with van der Waals surface area (Å²) in [7, 11) is 0. The molecule has 118 valence electrons. The molecular weight excluding hydrogens is 318 g/mol. The number of aliphatic hydroxyl groups is 1. The van der Waals surface area contributed by atoms with Crippen LogP contribution in [-0.4, -0.2) is 33.4 Å². The van der Waals surface area contributed by atoms with Gasteiger partial charge in [0.2, 0.25) is 0 Å². The van der Waals surface area contributed by atoms with Crippen LogP contribution < -0.4 is 5.32 Å². The predicted octanol–water partition coefficient (Wildman–Crippen LogP) is 2.68. The monoisotopic (exact) mass is 337 g/mol. The second kappa shape index (κ2) is 8.26. The molecule has 1 heterocycles. The van der Waals surface area contributed by atoms with Crippen LogP contribution in [0.2, 0.25) is 0 Å². The highest BCUT2D eigenvalue weighted by Crippen LogP contribution is 2.19. The lowest BCUT2D eigenvalue weighted by atomic mass is 10.1. The maximum Gasteiger partial charge on any atom is 0.265 e. The number of carbonyl (C=O) groups is 1. The fraction of sp³-hybridized carbons (Fsp3) is 0.400. The van der Waals surface area contributed by atoms with E-state index in [4.69, 9.17) is 0 Å². The minimum absolute atomic E-state index is 0.168. The van der Waals surface area contributed by atoms with Crippen molar-refractivity contribution >= 4 is 29.2 Å². The third kappa shape index (κ3) is 4.28. The number of aryl methyl sites for hydroxylation is 1. The molecule has 1 atom stereocenters. The lowest BCUT2D eigenvalue weighted by Crippen LogP contribution is -2.28. The van der Waals surface area contributed by atoms with Gasteiger partial charge in [0, 0.05) is 11.4 Å². The van der Waals surface area contributed by atoms with Crippen LogP contribution >= 0.6 is 23.3 Å². The summed E-state index contributed by atoms with van der Waals surface area (Å²) >= 11 is 2.74. The molecule has 1 aromatic heterocycles. The number of carbonyl (C=O) groups excluding carboxylic acids is 1. The van der Waals surface area contributed by atoms with Crippen molar-refractivity contribution in [2.75, 3.05) is 12.8 Å². The first-order chi connectivity index (χ1) is 10.7. The summed E-state index contributed by atoms with van der Waals surface area (Å²) in [5.41, 5.74) is 1.51. The van der Waals surface area contributed by atoms with E-state index in [0.29, 0.717) is 4.88 Å². The topological polar surface area (TPSA) is 75.1 Å². The normalized spacial score (nSPS) is 12.1. The van der Waals surface area contributed by atoms with Crippen LogP contribution in [0, 0.1) is 0 Å². The van der Waals surface area contributed by atoms with E-state index in [0.717, 1.165) is 40.5 Å². The quantitative estimate of drug-likeness (QED) is 0.760. The molecule has 0 bridgehead atoms. The first kappa shape index (κ1) is 16.9. The maximum atomic E-state index is 12.1. The van der Waals surface area contributed by atoms with Crippen molar-refractivity contribution in [3.63, 3.8) is 0 Å². The Balaban J connectivity index is 1.93. The number of thioether (sulfide) groups is 1. The summed E-state index contributed by atoms with van der Waals surface area (Å²) in [5.74, 6) is -0.224. The fourth-order valence-corrected chi connectivity index (χ4v) is 3.03. The molecule has 2 aromatic rings. The second-order valence-electron chi connectivity index (χ2n) is 4.80. The summed E-state index contributed by atoms with van der Waals surface area (Å²) in [4.78, 5) is 13.8. The number of amides is 1. The van der Waals surface area contributed by atoms with Crippen LogP contribution in [0.1, 0.15) is 40.4 Å². The molecule has 0 aliphatic carbocycles. The molecule has 0 spiro atoms. The van der Waals surface area contributed by atoms with Crippen molar-refractivity contribution in [3.05, 3.63) is 40.4 Å².